The molecule has 2 aromatic rings. The van der Waals surface area contributed by atoms with E-state index in [0.717, 1.165) is 16.6 Å². The Hall–Kier alpha value is -1.97. The number of carbonyl (C=O) groups is 1. The summed E-state index contributed by atoms with van der Waals surface area (Å²) in [7, 11) is 0. The number of nitrogens with zero attached hydrogens (tertiary/aromatic N) is 1. The predicted molar refractivity (Wildman–Crippen MR) is 65.0 cm³/mol. The van der Waals surface area contributed by atoms with Gasteiger partial charge in [0, 0.05) is 29.3 Å². The number of nitrogens with one attached hydrogen (secondary N) is 1. The molecule has 16 heavy (non-hydrogen) atoms. The van der Waals surface area contributed by atoms with Crippen LogP contribution in [0.1, 0.15) is 6.92 Å². The van der Waals surface area contributed by atoms with E-state index in [0.29, 0.717) is 13.1 Å². The van der Waals surface area contributed by atoms with Crippen molar-refractivity contribution in [3.63, 3.8) is 0 Å². The first-order chi connectivity index (χ1) is 7.70. The highest BCUT2D eigenvalue weighted by atomic mass is 16.1. The third-order valence-corrected chi connectivity index (χ3v) is 2.48. The van der Waals surface area contributed by atoms with E-state index in [2.05, 4.69) is 5.32 Å². The lowest BCUT2D eigenvalue weighted by Crippen LogP contribution is -2.26. The van der Waals surface area contributed by atoms with Crippen LogP contribution in [0.15, 0.2) is 30.5 Å². The van der Waals surface area contributed by atoms with Crippen LogP contribution in [0.4, 0.5) is 5.69 Å². The lowest BCUT2D eigenvalue weighted by atomic mass is 10.2. The molecule has 1 heterocycles. The van der Waals surface area contributed by atoms with Gasteiger partial charge >= 0.3 is 0 Å². The van der Waals surface area contributed by atoms with Gasteiger partial charge in [0.05, 0.1) is 0 Å². The van der Waals surface area contributed by atoms with Gasteiger partial charge in [-0.15, -0.1) is 0 Å². The Balaban J connectivity index is 2.28. The first-order valence-electron chi connectivity index (χ1n) is 5.32. The lowest BCUT2D eigenvalue weighted by molar-refractivity contribution is -0.121. The van der Waals surface area contributed by atoms with Crippen molar-refractivity contribution in [2.24, 2.45) is 0 Å². The van der Waals surface area contributed by atoms with Crippen LogP contribution in [0.25, 0.3) is 10.9 Å². The maximum Gasteiger partial charge on any atom is 0.239 e. The molecule has 2 rings (SSSR count). The van der Waals surface area contributed by atoms with Crippen molar-refractivity contribution in [1.82, 2.24) is 9.88 Å². The molecule has 4 heteroatoms. The molecule has 1 amide bonds. The van der Waals surface area contributed by atoms with Crippen LogP contribution in [-0.2, 0) is 11.3 Å². The number of amides is 1. The third-order valence-electron chi connectivity index (χ3n) is 2.48. The molecule has 0 bridgehead atoms. The normalized spacial score (nSPS) is 10.6. The van der Waals surface area contributed by atoms with Gasteiger partial charge < -0.3 is 15.6 Å². The zero-order chi connectivity index (χ0) is 11.5. The summed E-state index contributed by atoms with van der Waals surface area (Å²) in [6.45, 7) is 2.92. The van der Waals surface area contributed by atoms with Crippen LogP contribution in [0.3, 0.4) is 0 Å². The van der Waals surface area contributed by atoms with Crippen LogP contribution in [0.5, 0.6) is 0 Å². The molecule has 0 fully saturated rings. The van der Waals surface area contributed by atoms with Crippen molar-refractivity contribution in [2.75, 3.05) is 12.3 Å². The van der Waals surface area contributed by atoms with E-state index in [9.17, 15) is 4.79 Å². The second-order valence-corrected chi connectivity index (χ2v) is 3.72. The molecule has 1 aromatic carbocycles. The fraction of sp³-hybridized carbons (Fsp3) is 0.250. The van der Waals surface area contributed by atoms with Gasteiger partial charge in [-0.1, -0.05) is 0 Å². The second-order valence-electron chi connectivity index (χ2n) is 3.72. The van der Waals surface area contributed by atoms with Crippen LogP contribution >= 0.6 is 0 Å². The zero-order valence-corrected chi connectivity index (χ0v) is 9.23. The maximum absolute atomic E-state index is 11.5. The molecule has 84 valence electrons. The Morgan fingerprint density at radius 1 is 1.44 bits per heavy atom. The molecule has 0 radical (unpaired) electrons. The van der Waals surface area contributed by atoms with Gasteiger partial charge in [0.25, 0.3) is 0 Å². The van der Waals surface area contributed by atoms with Gasteiger partial charge in [0.2, 0.25) is 5.91 Å². The molecule has 0 aliphatic rings. The zero-order valence-electron chi connectivity index (χ0n) is 9.23. The summed E-state index contributed by atoms with van der Waals surface area (Å²) >= 11 is 0. The number of nitrogens with two attached hydrogens (primary N) is 1. The molecular weight excluding hydrogens is 202 g/mol. The predicted octanol–water partition coefficient (Wildman–Crippen LogP) is 1.36. The van der Waals surface area contributed by atoms with Crippen molar-refractivity contribution in [3.8, 4) is 0 Å². The minimum absolute atomic E-state index is 0.0248. The molecule has 3 N–H and O–H groups in total. The fourth-order valence-corrected chi connectivity index (χ4v) is 1.76. The Morgan fingerprint density at radius 2 is 2.25 bits per heavy atom. The van der Waals surface area contributed by atoms with Crippen molar-refractivity contribution >= 4 is 22.5 Å². The average Bonchev–Trinajstić information content (AvgIpc) is 2.61. The molecule has 0 saturated carbocycles. The van der Waals surface area contributed by atoms with Crippen molar-refractivity contribution in [1.29, 1.82) is 0 Å². The number of hydrogen-bond acceptors (Lipinski definition) is 2. The summed E-state index contributed by atoms with van der Waals surface area (Å²) < 4.78 is 1.92. The third kappa shape index (κ3) is 2.00. The highest BCUT2D eigenvalue weighted by molar-refractivity contribution is 5.85. The SMILES string of the molecule is CCNC(=O)Cn1ccc2cc(N)ccc21. The second kappa shape index (κ2) is 4.26. The summed E-state index contributed by atoms with van der Waals surface area (Å²) in [6, 6.07) is 7.65. The number of anilines is 1. The standard InChI is InChI=1S/C12H15N3O/c1-2-14-12(16)8-15-6-5-9-7-10(13)3-4-11(9)15/h3-7H,2,8,13H2,1H3,(H,14,16). The van der Waals surface area contributed by atoms with E-state index in [1.165, 1.54) is 0 Å². The first-order valence-corrected chi connectivity index (χ1v) is 5.32. The summed E-state index contributed by atoms with van der Waals surface area (Å²) in [5.74, 6) is 0.0248. The number of carbonyl (C=O) groups excluding carboxylic acids is 1. The van der Waals surface area contributed by atoms with Gasteiger partial charge in [-0.25, -0.2) is 0 Å². The van der Waals surface area contributed by atoms with E-state index in [4.69, 9.17) is 5.73 Å². The number of benzene rings is 1. The van der Waals surface area contributed by atoms with Crippen LogP contribution in [-0.4, -0.2) is 17.0 Å². The van der Waals surface area contributed by atoms with Gasteiger partial charge in [-0.3, -0.25) is 4.79 Å². The van der Waals surface area contributed by atoms with Crippen molar-refractivity contribution < 1.29 is 4.79 Å². The van der Waals surface area contributed by atoms with Gasteiger partial charge in [-0.2, -0.15) is 0 Å². The Bertz CT molecular complexity index is 516. The van der Waals surface area contributed by atoms with Crippen LogP contribution in [0, 0.1) is 0 Å². The van der Waals surface area contributed by atoms with Crippen LogP contribution in [0.2, 0.25) is 0 Å². The Kier molecular flexibility index (Phi) is 2.81. The number of rotatable bonds is 3. The van der Waals surface area contributed by atoms with E-state index >= 15 is 0 Å². The van der Waals surface area contributed by atoms with E-state index in [1.54, 1.807) is 0 Å². The quantitative estimate of drug-likeness (QED) is 0.763. The van der Waals surface area contributed by atoms with Gasteiger partial charge in [-0.05, 0) is 31.2 Å². The molecule has 0 aliphatic heterocycles. The largest absolute Gasteiger partial charge is 0.399 e. The minimum atomic E-state index is 0.0248. The topological polar surface area (TPSA) is 60.0 Å². The number of aromatic nitrogens is 1. The molecular formula is C12H15N3O. The number of hydrogen-bond donors (Lipinski definition) is 2. The monoisotopic (exact) mass is 217 g/mol. The van der Waals surface area contributed by atoms with Gasteiger partial charge in [0.15, 0.2) is 0 Å². The molecule has 0 saturated heterocycles. The summed E-state index contributed by atoms with van der Waals surface area (Å²) in [4.78, 5) is 11.5. The van der Waals surface area contributed by atoms with Gasteiger partial charge in [0.1, 0.15) is 6.54 Å². The van der Waals surface area contributed by atoms with E-state index in [-0.39, 0.29) is 5.91 Å². The van der Waals surface area contributed by atoms with Crippen molar-refractivity contribution in [2.45, 2.75) is 13.5 Å². The lowest BCUT2D eigenvalue weighted by Gasteiger charge is -2.05. The van der Waals surface area contributed by atoms with Crippen molar-refractivity contribution in [3.05, 3.63) is 30.5 Å². The first kappa shape index (κ1) is 10.5. The Labute approximate surface area is 94.0 Å². The van der Waals surface area contributed by atoms with Crippen LogP contribution < -0.4 is 11.1 Å². The molecule has 0 aliphatic carbocycles. The summed E-state index contributed by atoms with van der Waals surface area (Å²) in [5.41, 5.74) is 7.46. The molecule has 4 nitrogen and oxygen atoms in total. The average molecular weight is 217 g/mol. The summed E-state index contributed by atoms with van der Waals surface area (Å²) in [5, 5.41) is 3.83. The van der Waals surface area contributed by atoms with E-state index < -0.39 is 0 Å². The smallest absolute Gasteiger partial charge is 0.239 e. The Morgan fingerprint density at radius 3 is 3.00 bits per heavy atom. The number of likely N-dealkylation sites (N-methyl/N-ethyl adjacent to an activating group) is 1. The number of nitrogen functional groups attached to an aromatic ring is 1. The molecule has 1 aromatic heterocycles. The highest BCUT2D eigenvalue weighted by Crippen LogP contribution is 2.18. The summed E-state index contributed by atoms with van der Waals surface area (Å²) in [6.07, 6.45) is 1.90. The minimum Gasteiger partial charge on any atom is -0.399 e. The molecule has 0 spiro atoms. The van der Waals surface area contributed by atoms with E-state index in [1.807, 2.05) is 42.0 Å². The number of fused-ring (bicyclic) bond motifs is 1. The molecule has 0 atom stereocenters. The fourth-order valence-electron chi connectivity index (χ4n) is 1.76. The highest BCUT2D eigenvalue weighted by Gasteiger charge is 2.05. The maximum atomic E-state index is 11.5. The molecule has 0 unspecified atom stereocenters.